The first-order valence-corrected chi connectivity index (χ1v) is 16.7. The third-order valence-corrected chi connectivity index (χ3v) is 10.1. The van der Waals surface area contributed by atoms with Crippen LogP contribution in [0.15, 0.2) is 59.6 Å². The molecule has 0 radical (unpaired) electrons. The molecule has 1 N–H and O–H groups in total. The molecular formula is C29H31F7N4O5S2. The minimum absolute atomic E-state index is 0.0283. The highest BCUT2D eigenvalue weighted by Crippen LogP contribution is 2.31. The van der Waals surface area contributed by atoms with E-state index in [4.69, 9.17) is 0 Å². The van der Waals surface area contributed by atoms with E-state index in [1.807, 2.05) is 4.90 Å². The highest BCUT2D eigenvalue weighted by molar-refractivity contribution is 7.91. The number of carbonyl (C=O) groups excluding carboxylic acids is 1. The Morgan fingerprint density at radius 2 is 1.68 bits per heavy atom. The van der Waals surface area contributed by atoms with E-state index >= 15 is 0 Å². The third-order valence-electron chi connectivity index (χ3n) is 7.35. The summed E-state index contributed by atoms with van der Waals surface area (Å²) in [6.07, 6.45) is -3.23. The molecule has 1 fully saturated rings. The van der Waals surface area contributed by atoms with Gasteiger partial charge in [-0.1, -0.05) is 42.5 Å². The van der Waals surface area contributed by atoms with Crippen molar-refractivity contribution in [1.82, 2.24) is 15.2 Å². The Labute approximate surface area is 270 Å². The summed E-state index contributed by atoms with van der Waals surface area (Å²) in [7, 11) is -3.52. The number of amides is 1. The summed E-state index contributed by atoms with van der Waals surface area (Å²) >= 11 is 0.931. The second-order valence-corrected chi connectivity index (χ2v) is 13.8. The Morgan fingerprint density at radius 3 is 2.28 bits per heavy atom. The van der Waals surface area contributed by atoms with E-state index in [9.17, 15) is 43.9 Å². The van der Waals surface area contributed by atoms with E-state index in [-0.39, 0.29) is 35.2 Å². The van der Waals surface area contributed by atoms with Crippen molar-refractivity contribution in [3.05, 3.63) is 76.3 Å². The predicted molar refractivity (Wildman–Crippen MR) is 158 cm³/mol. The zero-order valence-corrected chi connectivity index (χ0v) is 26.4. The molecule has 1 aliphatic heterocycles. The Hall–Kier alpha value is -3.32. The van der Waals surface area contributed by atoms with Crippen molar-refractivity contribution >= 4 is 32.2 Å². The van der Waals surface area contributed by atoms with Crippen molar-refractivity contribution in [2.45, 2.75) is 49.8 Å². The van der Waals surface area contributed by atoms with Crippen LogP contribution in [0.5, 0.6) is 0 Å². The maximum absolute atomic E-state index is 13.2. The van der Waals surface area contributed by atoms with Gasteiger partial charge in [-0.2, -0.15) is 30.7 Å². The standard InChI is InChI=1S/C29H31F7N4O5S2/c1-2-47(42,43)22-9-5-19(6-10-22)23(17-45-27(32)33)38-25(41)24-13-37-28(46-24)40-12-11-39(15-21(40)16-44-26(30)31)14-18-3-7-20(8-4-18)29(34,35)36/h3-10,13,21,23,26-27H,2,11-12,14-17H2,1H3,(H,38,41)/t21-,23-/m0/s1. The molecule has 2 aromatic carbocycles. The van der Waals surface area contributed by atoms with E-state index in [0.717, 1.165) is 23.5 Å². The Morgan fingerprint density at radius 1 is 1.02 bits per heavy atom. The fraction of sp³-hybridized carbons (Fsp3) is 0.448. The molecule has 0 bridgehead atoms. The molecule has 1 aliphatic rings. The number of rotatable bonds is 14. The summed E-state index contributed by atoms with van der Waals surface area (Å²) in [5.74, 6) is -0.832. The number of piperazine rings is 1. The van der Waals surface area contributed by atoms with Crippen LogP contribution in [0.4, 0.5) is 35.9 Å². The summed E-state index contributed by atoms with van der Waals surface area (Å²) < 4.78 is 124. The van der Waals surface area contributed by atoms with Crippen LogP contribution in [0.25, 0.3) is 0 Å². The number of sulfone groups is 1. The lowest BCUT2D eigenvalue weighted by molar-refractivity contribution is -0.137. The molecule has 47 heavy (non-hydrogen) atoms. The van der Waals surface area contributed by atoms with Gasteiger partial charge in [0.15, 0.2) is 15.0 Å². The fourth-order valence-corrected chi connectivity index (χ4v) is 6.70. The van der Waals surface area contributed by atoms with Crippen molar-refractivity contribution < 1.29 is 53.4 Å². The van der Waals surface area contributed by atoms with Gasteiger partial charge >= 0.3 is 19.4 Å². The zero-order valence-electron chi connectivity index (χ0n) is 24.8. The minimum Gasteiger partial charge on any atom is -0.342 e. The maximum atomic E-state index is 13.2. The number of nitrogens with one attached hydrogen (secondary N) is 1. The van der Waals surface area contributed by atoms with Gasteiger partial charge in [0.1, 0.15) is 4.88 Å². The van der Waals surface area contributed by atoms with E-state index in [1.165, 1.54) is 49.5 Å². The quantitative estimate of drug-likeness (QED) is 0.216. The van der Waals surface area contributed by atoms with Gasteiger partial charge in [-0.05, 0) is 35.4 Å². The fourth-order valence-electron chi connectivity index (χ4n) is 4.90. The topological polar surface area (TPSA) is 101 Å². The third kappa shape index (κ3) is 10.1. The van der Waals surface area contributed by atoms with Gasteiger partial charge in [-0.15, -0.1) is 0 Å². The molecule has 1 saturated heterocycles. The molecule has 1 aromatic heterocycles. The molecule has 0 unspecified atom stereocenters. The van der Waals surface area contributed by atoms with Gasteiger partial charge in [0.25, 0.3) is 5.91 Å². The van der Waals surface area contributed by atoms with E-state index in [1.54, 1.807) is 4.90 Å². The van der Waals surface area contributed by atoms with Crippen LogP contribution in [0.2, 0.25) is 0 Å². The molecule has 2 heterocycles. The van der Waals surface area contributed by atoms with Gasteiger partial charge in [0, 0.05) is 26.2 Å². The second-order valence-electron chi connectivity index (χ2n) is 10.5. The maximum Gasteiger partial charge on any atom is 0.416 e. The average Bonchev–Trinajstić information content (AvgIpc) is 3.52. The van der Waals surface area contributed by atoms with Gasteiger partial charge in [0.2, 0.25) is 0 Å². The number of thiazole rings is 1. The molecule has 2 atom stereocenters. The molecule has 4 rings (SSSR count). The van der Waals surface area contributed by atoms with Crippen LogP contribution in [0.3, 0.4) is 0 Å². The van der Waals surface area contributed by atoms with Crippen molar-refractivity contribution in [1.29, 1.82) is 0 Å². The number of anilines is 1. The summed E-state index contributed by atoms with van der Waals surface area (Å²) in [5.41, 5.74) is 0.124. The van der Waals surface area contributed by atoms with Crippen molar-refractivity contribution in [3.63, 3.8) is 0 Å². The van der Waals surface area contributed by atoms with Gasteiger partial charge in [-0.25, -0.2) is 13.4 Å². The lowest BCUT2D eigenvalue weighted by Crippen LogP contribution is -2.55. The van der Waals surface area contributed by atoms with Crippen LogP contribution in [-0.2, 0) is 32.0 Å². The van der Waals surface area contributed by atoms with E-state index in [0.29, 0.717) is 22.8 Å². The Balaban J connectivity index is 1.46. The van der Waals surface area contributed by atoms with Gasteiger partial charge < -0.3 is 19.7 Å². The van der Waals surface area contributed by atoms with Gasteiger partial charge in [-0.3, -0.25) is 9.69 Å². The van der Waals surface area contributed by atoms with Crippen LogP contribution >= 0.6 is 11.3 Å². The molecular weight excluding hydrogens is 681 g/mol. The molecule has 3 aromatic rings. The molecule has 0 aliphatic carbocycles. The number of ether oxygens (including phenoxy) is 2. The normalized spacial score (nSPS) is 17.0. The number of hydrogen-bond acceptors (Lipinski definition) is 9. The number of alkyl halides is 7. The number of hydrogen-bond donors (Lipinski definition) is 1. The first-order chi connectivity index (χ1) is 22.2. The number of carbonyl (C=O) groups is 1. The summed E-state index contributed by atoms with van der Waals surface area (Å²) in [6.45, 7) is -4.61. The number of nitrogens with zero attached hydrogens (tertiary/aromatic N) is 3. The smallest absolute Gasteiger partial charge is 0.342 e. The second kappa shape index (κ2) is 15.7. The monoisotopic (exact) mass is 712 g/mol. The van der Waals surface area contributed by atoms with Crippen LogP contribution < -0.4 is 10.2 Å². The molecule has 1 amide bonds. The lowest BCUT2D eigenvalue weighted by Gasteiger charge is -2.41. The zero-order chi connectivity index (χ0) is 34.4. The number of benzene rings is 2. The summed E-state index contributed by atoms with van der Waals surface area (Å²) in [5, 5.41) is 2.90. The van der Waals surface area contributed by atoms with Crippen molar-refractivity contribution in [2.75, 3.05) is 43.5 Å². The SMILES string of the molecule is CCS(=O)(=O)c1ccc([C@H](COC(F)F)NC(=O)c2cnc(N3CCN(Cc4ccc(C(F)(F)F)cc4)C[C@H]3COC(F)F)s2)cc1. The van der Waals surface area contributed by atoms with Crippen molar-refractivity contribution in [3.8, 4) is 0 Å². The average molecular weight is 713 g/mol. The molecule has 0 spiro atoms. The number of halogens is 7. The summed E-state index contributed by atoms with van der Waals surface area (Å²) in [6, 6.07) is 8.30. The molecule has 9 nitrogen and oxygen atoms in total. The highest BCUT2D eigenvalue weighted by atomic mass is 32.2. The van der Waals surface area contributed by atoms with Gasteiger partial charge in [0.05, 0.1) is 47.7 Å². The first kappa shape index (κ1) is 36.5. The van der Waals surface area contributed by atoms with Crippen LogP contribution in [0.1, 0.15) is 39.3 Å². The Bertz CT molecular complexity index is 1570. The number of aromatic nitrogens is 1. The van der Waals surface area contributed by atoms with Crippen molar-refractivity contribution in [2.24, 2.45) is 0 Å². The van der Waals surface area contributed by atoms with Crippen LogP contribution in [-0.4, -0.2) is 82.1 Å². The molecule has 18 heteroatoms. The Kier molecular flexibility index (Phi) is 12.2. The predicted octanol–water partition coefficient (Wildman–Crippen LogP) is 5.60. The summed E-state index contributed by atoms with van der Waals surface area (Å²) in [4.78, 5) is 21.1. The highest BCUT2D eigenvalue weighted by Gasteiger charge is 2.32. The molecule has 258 valence electrons. The minimum atomic E-state index is -4.48. The molecule has 0 saturated carbocycles. The largest absolute Gasteiger partial charge is 0.416 e. The first-order valence-electron chi connectivity index (χ1n) is 14.2. The lowest BCUT2D eigenvalue weighted by atomic mass is 10.1. The van der Waals surface area contributed by atoms with E-state index in [2.05, 4.69) is 19.8 Å². The van der Waals surface area contributed by atoms with Crippen LogP contribution in [0, 0.1) is 0 Å². The van der Waals surface area contributed by atoms with E-state index < -0.39 is 66.0 Å².